The number of benzene rings is 1. The first kappa shape index (κ1) is 17.4. The Bertz CT molecular complexity index is 1060. The van der Waals surface area contributed by atoms with Crippen LogP contribution >= 0.6 is 22.9 Å². The summed E-state index contributed by atoms with van der Waals surface area (Å²) in [6.07, 6.45) is 0. The molecule has 8 nitrogen and oxygen atoms in total. The highest BCUT2D eigenvalue weighted by Crippen LogP contribution is 2.39. The van der Waals surface area contributed by atoms with E-state index in [1.165, 1.54) is 23.1 Å². The van der Waals surface area contributed by atoms with Crippen molar-refractivity contribution in [2.45, 2.75) is 6.04 Å². The molecule has 0 radical (unpaired) electrons. The van der Waals surface area contributed by atoms with E-state index in [0.717, 1.165) is 0 Å². The van der Waals surface area contributed by atoms with Crippen molar-refractivity contribution in [3.05, 3.63) is 68.5 Å². The fraction of sp³-hybridized carbons (Fsp3) is 0.118. The summed E-state index contributed by atoms with van der Waals surface area (Å²) >= 11 is 7.67. The highest BCUT2D eigenvalue weighted by Gasteiger charge is 2.39. The predicted octanol–water partition coefficient (Wildman–Crippen LogP) is 2.71. The smallest absolute Gasteiger partial charge is 0.355 e. The maximum atomic E-state index is 13.3. The first-order valence-electron chi connectivity index (χ1n) is 7.81. The highest BCUT2D eigenvalue weighted by atomic mass is 35.5. The number of nitrogens with zero attached hydrogens (tertiary/aromatic N) is 4. The maximum absolute atomic E-state index is 13.3. The zero-order valence-corrected chi connectivity index (χ0v) is 15.5. The Morgan fingerprint density at radius 3 is 2.78 bits per heavy atom. The van der Waals surface area contributed by atoms with Crippen molar-refractivity contribution in [1.82, 2.24) is 20.2 Å². The number of hydrogen-bond acceptors (Lipinski definition) is 8. The van der Waals surface area contributed by atoms with Crippen LogP contribution < -0.4 is 5.32 Å². The molecule has 3 heterocycles. The van der Waals surface area contributed by atoms with Crippen LogP contribution in [0.4, 0.5) is 5.95 Å². The molecule has 27 heavy (non-hydrogen) atoms. The van der Waals surface area contributed by atoms with Crippen LogP contribution in [0, 0.1) is 0 Å². The lowest BCUT2D eigenvalue weighted by molar-refractivity contribution is -0.136. The Labute approximate surface area is 162 Å². The Kier molecular flexibility index (Phi) is 4.46. The second-order valence-electron chi connectivity index (χ2n) is 5.58. The zero-order chi connectivity index (χ0) is 19.0. The molecule has 0 fully saturated rings. The van der Waals surface area contributed by atoms with E-state index in [2.05, 4.69) is 20.8 Å². The van der Waals surface area contributed by atoms with Gasteiger partial charge in [-0.15, -0.1) is 11.3 Å². The SMILES string of the molecule is COC(=O)C1=C(C(=O)c2cccs2)[C@H](c2ccccc2Cl)n2nnnc2N1. The van der Waals surface area contributed by atoms with Gasteiger partial charge in [0.2, 0.25) is 11.7 Å². The third-order valence-corrected chi connectivity index (χ3v) is 5.31. The summed E-state index contributed by atoms with van der Waals surface area (Å²) in [5.41, 5.74) is 0.746. The monoisotopic (exact) mass is 401 g/mol. The molecule has 1 atom stereocenters. The molecule has 0 spiro atoms. The number of methoxy groups -OCH3 is 1. The van der Waals surface area contributed by atoms with E-state index < -0.39 is 12.0 Å². The molecule has 4 rings (SSSR count). The number of tetrazole rings is 1. The van der Waals surface area contributed by atoms with Crippen molar-refractivity contribution >= 4 is 40.6 Å². The summed E-state index contributed by atoms with van der Waals surface area (Å²) in [5.74, 6) is -0.812. The Morgan fingerprint density at radius 2 is 2.07 bits per heavy atom. The molecule has 0 saturated heterocycles. The average molecular weight is 402 g/mol. The first-order chi connectivity index (χ1) is 13.1. The number of fused-ring (bicyclic) bond motifs is 1. The highest BCUT2D eigenvalue weighted by molar-refractivity contribution is 7.12. The number of thiophene rings is 1. The summed E-state index contributed by atoms with van der Waals surface area (Å²) in [6, 6.07) is 9.70. The van der Waals surface area contributed by atoms with Crippen LogP contribution in [-0.2, 0) is 9.53 Å². The molecule has 1 aliphatic heterocycles. The van der Waals surface area contributed by atoms with Crippen LogP contribution in [0.25, 0.3) is 0 Å². The van der Waals surface area contributed by atoms with E-state index in [1.54, 1.807) is 41.8 Å². The second kappa shape index (κ2) is 6.93. The van der Waals surface area contributed by atoms with Crippen molar-refractivity contribution in [2.75, 3.05) is 12.4 Å². The molecule has 0 unspecified atom stereocenters. The molecule has 10 heteroatoms. The number of carbonyl (C=O) groups is 2. The molecule has 0 aliphatic carbocycles. The van der Waals surface area contributed by atoms with Gasteiger partial charge in [0.05, 0.1) is 17.6 Å². The number of allylic oxidation sites excluding steroid dienone is 1. The van der Waals surface area contributed by atoms with Gasteiger partial charge in [-0.05, 0) is 27.9 Å². The minimum atomic E-state index is -0.784. The number of ketones is 1. The maximum Gasteiger partial charge on any atom is 0.355 e. The summed E-state index contributed by atoms with van der Waals surface area (Å²) in [4.78, 5) is 26.2. The molecule has 3 aromatic rings. The third kappa shape index (κ3) is 2.90. The lowest BCUT2D eigenvalue weighted by Gasteiger charge is -2.28. The number of carbonyl (C=O) groups excluding carboxylic acids is 2. The summed E-state index contributed by atoms with van der Waals surface area (Å²) < 4.78 is 6.30. The average Bonchev–Trinajstić information content (AvgIpc) is 3.37. The minimum absolute atomic E-state index is 0.0110. The number of esters is 1. The van der Waals surface area contributed by atoms with Crippen LogP contribution in [0.5, 0.6) is 0 Å². The van der Waals surface area contributed by atoms with Crippen molar-refractivity contribution in [3.8, 4) is 0 Å². The van der Waals surface area contributed by atoms with E-state index in [9.17, 15) is 9.59 Å². The van der Waals surface area contributed by atoms with Crippen LogP contribution in [0.2, 0.25) is 5.02 Å². The van der Waals surface area contributed by atoms with Gasteiger partial charge >= 0.3 is 5.97 Å². The molecule has 136 valence electrons. The second-order valence-corrected chi connectivity index (χ2v) is 6.94. The normalized spacial score (nSPS) is 15.9. The van der Waals surface area contributed by atoms with Crippen molar-refractivity contribution in [2.24, 2.45) is 0 Å². The van der Waals surface area contributed by atoms with E-state index in [-0.39, 0.29) is 23.0 Å². The van der Waals surface area contributed by atoms with Gasteiger partial charge in [0, 0.05) is 10.6 Å². The fourth-order valence-electron chi connectivity index (χ4n) is 2.91. The molecule has 1 aromatic carbocycles. The van der Waals surface area contributed by atoms with Crippen LogP contribution in [0.1, 0.15) is 21.3 Å². The Morgan fingerprint density at radius 1 is 1.26 bits per heavy atom. The van der Waals surface area contributed by atoms with Gasteiger partial charge in [0.25, 0.3) is 0 Å². The number of ether oxygens (including phenoxy) is 1. The summed E-state index contributed by atoms with van der Waals surface area (Å²) in [5, 5.41) is 16.5. The van der Waals surface area contributed by atoms with Gasteiger partial charge in [-0.2, -0.15) is 4.68 Å². The minimum Gasteiger partial charge on any atom is -0.464 e. The number of hydrogen-bond donors (Lipinski definition) is 1. The lowest BCUT2D eigenvalue weighted by atomic mass is 9.91. The molecule has 1 N–H and O–H groups in total. The summed E-state index contributed by atoms with van der Waals surface area (Å²) in [6.45, 7) is 0. The molecule has 1 aliphatic rings. The fourth-order valence-corrected chi connectivity index (χ4v) is 3.83. The van der Waals surface area contributed by atoms with E-state index in [0.29, 0.717) is 15.5 Å². The van der Waals surface area contributed by atoms with Crippen molar-refractivity contribution in [3.63, 3.8) is 0 Å². The van der Waals surface area contributed by atoms with Gasteiger partial charge in [-0.25, -0.2) is 4.79 Å². The van der Waals surface area contributed by atoms with Gasteiger partial charge in [-0.1, -0.05) is 41.0 Å². The molecule has 0 bridgehead atoms. The number of Topliss-reactive ketones (excluding diaryl/α,β-unsaturated/α-hetero) is 1. The topological polar surface area (TPSA) is 99.0 Å². The molecular formula is C17H12ClN5O3S. The van der Waals surface area contributed by atoms with E-state index in [1.807, 2.05) is 0 Å². The summed E-state index contributed by atoms with van der Waals surface area (Å²) in [7, 11) is 1.24. The Balaban J connectivity index is 1.99. The number of aromatic nitrogens is 4. The van der Waals surface area contributed by atoms with Gasteiger partial charge < -0.3 is 10.1 Å². The molecule has 0 saturated carbocycles. The molecule has 0 amide bonds. The van der Waals surface area contributed by atoms with Gasteiger partial charge in [0.15, 0.2) is 0 Å². The van der Waals surface area contributed by atoms with Crippen LogP contribution in [0.3, 0.4) is 0 Å². The third-order valence-electron chi connectivity index (χ3n) is 4.10. The molecule has 2 aromatic heterocycles. The standard InChI is InChI=1S/C17H12ClN5O3S/c1-26-16(25)13-12(15(24)11-7-4-8-27-11)14(9-5-2-3-6-10(9)18)23-17(19-13)20-21-22-23/h2-8,14H,1H3,(H,19,20,22)/t14-/m0/s1. The van der Waals surface area contributed by atoms with Crippen molar-refractivity contribution in [1.29, 1.82) is 0 Å². The number of rotatable bonds is 4. The number of anilines is 1. The van der Waals surface area contributed by atoms with Gasteiger partial charge in [-0.3, -0.25) is 4.79 Å². The number of nitrogens with one attached hydrogen (secondary N) is 1. The van der Waals surface area contributed by atoms with E-state index >= 15 is 0 Å². The Hall–Kier alpha value is -3.04. The van der Waals surface area contributed by atoms with Crippen LogP contribution in [-0.4, -0.2) is 39.1 Å². The van der Waals surface area contributed by atoms with Crippen molar-refractivity contribution < 1.29 is 14.3 Å². The van der Waals surface area contributed by atoms with Crippen LogP contribution in [0.15, 0.2) is 53.0 Å². The largest absolute Gasteiger partial charge is 0.464 e. The predicted molar refractivity (Wildman–Crippen MR) is 98.7 cm³/mol. The lowest BCUT2D eigenvalue weighted by Crippen LogP contribution is -2.32. The quantitative estimate of drug-likeness (QED) is 0.530. The van der Waals surface area contributed by atoms with Gasteiger partial charge in [0.1, 0.15) is 11.7 Å². The number of halogens is 1. The van der Waals surface area contributed by atoms with E-state index in [4.69, 9.17) is 16.3 Å². The zero-order valence-electron chi connectivity index (χ0n) is 13.9. The first-order valence-corrected chi connectivity index (χ1v) is 9.07. The molecular weight excluding hydrogens is 390 g/mol.